The number of nitrogens with one attached hydrogen (secondary N) is 2. The Balaban J connectivity index is 2.67. The molecular weight excluding hydrogens is 300 g/mol. The fraction of sp³-hybridized carbons (Fsp3) is 0.462. The van der Waals surface area contributed by atoms with Crippen LogP contribution in [-0.2, 0) is 21.2 Å². The third kappa shape index (κ3) is 5.79. The van der Waals surface area contributed by atoms with Gasteiger partial charge in [0.05, 0.1) is 12.2 Å². The summed E-state index contributed by atoms with van der Waals surface area (Å²) in [5.41, 5.74) is 1.30. The molecule has 0 aliphatic carbocycles. The fourth-order valence-corrected chi connectivity index (χ4v) is 3.29. The van der Waals surface area contributed by atoms with Crippen LogP contribution >= 0.6 is 11.6 Å². The van der Waals surface area contributed by atoms with Crippen molar-refractivity contribution in [2.24, 2.45) is 5.92 Å². The van der Waals surface area contributed by atoms with Crippen LogP contribution in [-0.4, -0.2) is 33.0 Å². The van der Waals surface area contributed by atoms with Gasteiger partial charge in [-0.15, -0.1) is 11.6 Å². The summed E-state index contributed by atoms with van der Waals surface area (Å²) >= 11 is 5.61. The second-order valence-corrected chi connectivity index (χ2v) is 6.77. The number of amides is 1. The number of anilines is 1. The zero-order chi connectivity index (χ0) is 15.2. The SMILES string of the molecule is CNC(=O)Cc1ccc(NS(=O)(=O)CC(C)CCl)cc1. The molecule has 1 atom stereocenters. The highest BCUT2D eigenvalue weighted by molar-refractivity contribution is 7.92. The van der Waals surface area contributed by atoms with E-state index in [9.17, 15) is 13.2 Å². The minimum Gasteiger partial charge on any atom is -0.359 e. The highest BCUT2D eigenvalue weighted by Gasteiger charge is 2.15. The van der Waals surface area contributed by atoms with E-state index in [-0.39, 0.29) is 24.0 Å². The largest absolute Gasteiger partial charge is 0.359 e. The van der Waals surface area contributed by atoms with E-state index in [4.69, 9.17) is 11.6 Å². The van der Waals surface area contributed by atoms with Gasteiger partial charge in [0.1, 0.15) is 0 Å². The summed E-state index contributed by atoms with van der Waals surface area (Å²) in [6.07, 6.45) is 0.271. The molecule has 1 aromatic rings. The fourth-order valence-electron chi connectivity index (χ4n) is 1.60. The Labute approximate surface area is 124 Å². The van der Waals surface area contributed by atoms with Gasteiger partial charge in [0.25, 0.3) is 0 Å². The van der Waals surface area contributed by atoms with Gasteiger partial charge in [-0.25, -0.2) is 8.42 Å². The summed E-state index contributed by atoms with van der Waals surface area (Å²) in [5, 5.41) is 2.53. The molecule has 2 N–H and O–H groups in total. The van der Waals surface area contributed by atoms with Crippen molar-refractivity contribution in [3.63, 3.8) is 0 Å². The Morgan fingerprint density at radius 2 is 1.90 bits per heavy atom. The molecule has 0 spiro atoms. The summed E-state index contributed by atoms with van der Waals surface area (Å²) in [7, 11) is -1.83. The first-order valence-corrected chi connectivity index (χ1v) is 8.41. The van der Waals surface area contributed by atoms with Crippen LogP contribution in [0.25, 0.3) is 0 Å². The van der Waals surface area contributed by atoms with Crippen LogP contribution in [0.1, 0.15) is 12.5 Å². The minimum atomic E-state index is -3.40. The predicted molar refractivity (Wildman–Crippen MR) is 81.5 cm³/mol. The maximum Gasteiger partial charge on any atom is 0.233 e. The van der Waals surface area contributed by atoms with Gasteiger partial charge < -0.3 is 5.32 Å². The van der Waals surface area contributed by atoms with Crippen molar-refractivity contribution >= 4 is 33.2 Å². The molecule has 1 rings (SSSR count). The number of hydrogen-bond donors (Lipinski definition) is 2. The van der Waals surface area contributed by atoms with E-state index >= 15 is 0 Å². The number of carbonyl (C=O) groups excluding carboxylic acids is 1. The van der Waals surface area contributed by atoms with Gasteiger partial charge in [0.2, 0.25) is 15.9 Å². The summed E-state index contributed by atoms with van der Waals surface area (Å²) in [6, 6.07) is 6.72. The van der Waals surface area contributed by atoms with Crippen molar-refractivity contribution < 1.29 is 13.2 Å². The second kappa shape index (κ2) is 7.50. The monoisotopic (exact) mass is 318 g/mol. The molecule has 5 nitrogen and oxygen atoms in total. The summed E-state index contributed by atoms with van der Waals surface area (Å²) in [4.78, 5) is 11.2. The number of benzene rings is 1. The zero-order valence-corrected chi connectivity index (χ0v) is 13.1. The number of alkyl halides is 1. The average Bonchev–Trinajstić information content (AvgIpc) is 2.39. The molecule has 0 saturated heterocycles. The van der Waals surface area contributed by atoms with Crippen LogP contribution in [0.3, 0.4) is 0 Å². The van der Waals surface area contributed by atoms with Crippen LogP contribution in [0.2, 0.25) is 0 Å². The summed E-state index contributed by atoms with van der Waals surface area (Å²) in [5.74, 6) is 0.0820. The van der Waals surface area contributed by atoms with Gasteiger partial charge in [-0.05, 0) is 23.6 Å². The normalized spacial score (nSPS) is 12.8. The van der Waals surface area contributed by atoms with Crippen molar-refractivity contribution in [1.29, 1.82) is 0 Å². The van der Waals surface area contributed by atoms with Crippen LogP contribution in [0.4, 0.5) is 5.69 Å². The van der Waals surface area contributed by atoms with Gasteiger partial charge in [0.15, 0.2) is 0 Å². The maximum atomic E-state index is 11.8. The van der Waals surface area contributed by atoms with Crippen LogP contribution in [0, 0.1) is 5.92 Å². The van der Waals surface area contributed by atoms with E-state index in [1.807, 2.05) is 0 Å². The van der Waals surface area contributed by atoms with Gasteiger partial charge in [-0.3, -0.25) is 9.52 Å². The number of sulfonamides is 1. The third-order valence-corrected chi connectivity index (χ3v) is 4.72. The lowest BCUT2D eigenvalue weighted by Crippen LogP contribution is -2.22. The molecule has 0 fully saturated rings. The summed E-state index contributed by atoms with van der Waals surface area (Å²) < 4.78 is 26.2. The topological polar surface area (TPSA) is 75.3 Å². The Morgan fingerprint density at radius 1 is 1.30 bits per heavy atom. The first-order chi connectivity index (χ1) is 9.36. The second-order valence-electron chi connectivity index (χ2n) is 4.69. The van der Waals surface area contributed by atoms with Crippen molar-refractivity contribution in [3.05, 3.63) is 29.8 Å². The molecule has 112 valence electrons. The van der Waals surface area contributed by atoms with Gasteiger partial charge in [-0.2, -0.15) is 0 Å². The Kier molecular flexibility index (Phi) is 6.29. The first kappa shape index (κ1) is 16.8. The highest BCUT2D eigenvalue weighted by atomic mass is 35.5. The van der Waals surface area contributed by atoms with Gasteiger partial charge in [-0.1, -0.05) is 19.1 Å². The van der Waals surface area contributed by atoms with Crippen molar-refractivity contribution in [3.8, 4) is 0 Å². The van der Waals surface area contributed by atoms with Crippen LogP contribution in [0.15, 0.2) is 24.3 Å². The lowest BCUT2D eigenvalue weighted by atomic mass is 10.1. The van der Waals surface area contributed by atoms with Crippen molar-refractivity contribution in [2.45, 2.75) is 13.3 Å². The number of hydrogen-bond acceptors (Lipinski definition) is 3. The average molecular weight is 319 g/mol. The summed E-state index contributed by atoms with van der Waals surface area (Å²) in [6.45, 7) is 1.78. The lowest BCUT2D eigenvalue weighted by molar-refractivity contribution is -0.119. The van der Waals surface area contributed by atoms with Crippen molar-refractivity contribution in [2.75, 3.05) is 23.4 Å². The van der Waals surface area contributed by atoms with E-state index in [0.29, 0.717) is 11.6 Å². The van der Waals surface area contributed by atoms with Gasteiger partial charge in [0, 0.05) is 18.6 Å². The molecule has 7 heteroatoms. The molecule has 0 heterocycles. The van der Waals surface area contributed by atoms with Crippen molar-refractivity contribution in [1.82, 2.24) is 5.32 Å². The van der Waals surface area contributed by atoms with E-state index in [1.54, 1.807) is 38.2 Å². The standard InChI is InChI=1S/C13H19ClN2O3S/c1-10(8-14)9-20(18,19)16-12-5-3-11(4-6-12)7-13(17)15-2/h3-6,10,16H,7-9H2,1-2H3,(H,15,17). The number of likely N-dealkylation sites (N-methyl/N-ethyl adjacent to an activating group) is 1. The molecule has 0 bridgehead atoms. The quantitative estimate of drug-likeness (QED) is 0.750. The Hall–Kier alpha value is -1.27. The molecule has 1 amide bonds. The van der Waals surface area contributed by atoms with E-state index in [0.717, 1.165) is 5.56 Å². The molecule has 20 heavy (non-hydrogen) atoms. The van der Waals surface area contributed by atoms with E-state index < -0.39 is 10.0 Å². The molecule has 0 aliphatic rings. The molecule has 0 radical (unpaired) electrons. The maximum absolute atomic E-state index is 11.8. The Morgan fingerprint density at radius 3 is 2.40 bits per heavy atom. The van der Waals surface area contributed by atoms with Crippen LogP contribution in [0.5, 0.6) is 0 Å². The third-order valence-electron chi connectivity index (χ3n) is 2.64. The highest BCUT2D eigenvalue weighted by Crippen LogP contribution is 2.13. The molecule has 0 aromatic heterocycles. The number of carbonyl (C=O) groups is 1. The van der Waals surface area contributed by atoms with Gasteiger partial charge >= 0.3 is 0 Å². The predicted octanol–water partition coefficient (Wildman–Crippen LogP) is 1.59. The molecular formula is C13H19ClN2O3S. The smallest absolute Gasteiger partial charge is 0.233 e. The van der Waals surface area contributed by atoms with E-state index in [1.165, 1.54) is 0 Å². The number of halogens is 1. The van der Waals surface area contributed by atoms with Crippen LogP contribution < -0.4 is 10.0 Å². The molecule has 0 aliphatic heterocycles. The Bertz CT molecular complexity index is 543. The minimum absolute atomic E-state index is 0.0174. The number of rotatable bonds is 7. The molecule has 1 aromatic carbocycles. The van der Waals surface area contributed by atoms with E-state index in [2.05, 4.69) is 10.0 Å². The molecule has 0 saturated carbocycles. The zero-order valence-electron chi connectivity index (χ0n) is 11.5. The lowest BCUT2D eigenvalue weighted by Gasteiger charge is -2.11. The first-order valence-electron chi connectivity index (χ1n) is 6.22. The molecule has 1 unspecified atom stereocenters.